The van der Waals surface area contributed by atoms with Gasteiger partial charge in [0.2, 0.25) is 17.4 Å². The molecule has 3 aliphatic rings. The summed E-state index contributed by atoms with van der Waals surface area (Å²) in [4.78, 5) is 86.8. The fourth-order valence-corrected chi connectivity index (χ4v) is 9.55. The molecule has 8 rings (SSSR count). The molecule has 5 heterocycles. The average Bonchev–Trinajstić information content (AvgIpc) is 3.87. The molecular formula is C46H45ClN8O9S. The van der Waals surface area contributed by atoms with Crippen molar-refractivity contribution in [1.82, 2.24) is 35.6 Å². The number of piperidine rings is 1. The lowest BCUT2D eigenvalue weighted by Gasteiger charge is -2.41. The number of thiophene rings is 1. The number of nitrogens with zero attached hydrogens (tertiary/aromatic N) is 5. The molecule has 0 saturated carbocycles. The van der Waals surface area contributed by atoms with Gasteiger partial charge in [-0.15, -0.1) is 21.5 Å². The van der Waals surface area contributed by atoms with Crippen molar-refractivity contribution >= 4 is 64.2 Å². The number of hydrogen-bond acceptors (Lipinski definition) is 13. The number of halogens is 1. The molecule has 17 nitrogen and oxygen atoms in total. The highest BCUT2D eigenvalue weighted by molar-refractivity contribution is 7.15. The second kappa shape index (κ2) is 18.8. The Morgan fingerprint density at radius 1 is 0.923 bits per heavy atom. The number of esters is 1. The van der Waals surface area contributed by atoms with E-state index < -0.39 is 60.4 Å². The Morgan fingerprint density at radius 3 is 2.37 bits per heavy atom. The van der Waals surface area contributed by atoms with Crippen LogP contribution in [0.1, 0.15) is 99.1 Å². The minimum absolute atomic E-state index is 0.0307. The lowest BCUT2D eigenvalue weighted by Crippen LogP contribution is -2.68. The van der Waals surface area contributed by atoms with Crippen LogP contribution in [0, 0.1) is 20.8 Å². The first-order valence-electron chi connectivity index (χ1n) is 21.0. The molecular weight excluding hydrogens is 876 g/mol. The quantitative estimate of drug-likeness (QED) is 0.0490. The number of aliphatic hydroxyl groups excluding tert-OH is 1. The molecule has 2 aromatic heterocycles. The first-order valence-corrected chi connectivity index (χ1v) is 22.2. The van der Waals surface area contributed by atoms with Crippen LogP contribution < -0.4 is 20.7 Å². The van der Waals surface area contributed by atoms with Crippen molar-refractivity contribution in [2.24, 2.45) is 4.99 Å². The largest absolute Gasteiger partial charge is 0.483 e. The predicted molar refractivity (Wildman–Crippen MR) is 238 cm³/mol. The maximum Gasteiger partial charge on any atom is 0.342 e. The van der Waals surface area contributed by atoms with Crippen molar-refractivity contribution in [2.45, 2.75) is 77.3 Å². The number of nitrogens with one attached hydrogen (secondary N) is 3. The summed E-state index contributed by atoms with van der Waals surface area (Å²) >= 11 is 7.86. The Balaban J connectivity index is 0.849. The Hall–Kier alpha value is -6.76. The van der Waals surface area contributed by atoms with Gasteiger partial charge in [0.25, 0.3) is 17.7 Å². The fourth-order valence-electron chi connectivity index (χ4n) is 8.21. The van der Waals surface area contributed by atoms with Crippen LogP contribution in [0.2, 0.25) is 5.02 Å². The highest BCUT2D eigenvalue weighted by atomic mass is 35.5. The van der Waals surface area contributed by atoms with Gasteiger partial charge < -0.3 is 25.2 Å². The van der Waals surface area contributed by atoms with Gasteiger partial charge in [0, 0.05) is 46.1 Å². The number of aromatic nitrogens is 3. The summed E-state index contributed by atoms with van der Waals surface area (Å²) < 4.78 is 13.3. The Bertz CT molecular complexity index is 2740. The molecule has 3 aliphatic heterocycles. The van der Waals surface area contributed by atoms with Crippen LogP contribution in [-0.4, -0.2) is 91.2 Å². The minimum atomic E-state index is -2.37. The van der Waals surface area contributed by atoms with Crippen molar-refractivity contribution < 1.29 is 43.3 Å². The summed E-state index contributed by atoms with van der Waals surface area (Å²) in [5, 5.41) is 29.7. The van der Waals surface area contributed by atoms with Gasteiger partial charge in [-0.2, -0.15) is 0 Å². The van der Waals surface area contributed by atoms with Gasteiger partial charge in [-0.05, 0) is 69.4 Å². The predicted octanol–water partition coefficient (Wildman–Crippen LogP) is 4.65. The van der Waals surface area contributed by atoms with Gasteiger partial charge in [0.05, 0.1) is 17.7 Å². The zero-order valence-electron chi connectivity index (χ0n) is 35.7. The summed E-state index contributed by atoms with van der Waals surface area (Å²) in [5.74, 6) is -3.30. The molecule has 2 unspecified atom stereocenters. The smallest absolute Gasteiger partial charge is 0.342 e. The van der Waals surface area contributed by atoms with E-state index in [2.05, 4.69) is 40.0 Å². The van der Waals surface area contributed by atoms with Crippen LogP contribution in [0.3, 0.4) is 0 Å². The first kappa shape index (κ1) is 44.8. The number of fused-ring (bicyclic) bond motifs is 4. The third-order valence-corrected chi connectivity index (χ3v) is 13.1. The van der Waals surface area contributed by atoms with Gasteiger partial charge in [0.1, 0.15) is 29.2 Å². The number of hydrogen-bond donors (Lipinski definition) is 4. The van der Waals surface area contributed by atoms with E-state index in [1.165, 1.54) is 18.2 Å². The van der Waals surface area contributed by atoms with Crippen LogP contribution in [0.4, 0.5) is 0 Å². The molecule has 5 amide bonds. The van der Waals surface area contributed by atoms with Crippen LogP contribution in [0.25, 0.3) is 5.00 Å². The van der Waals surface area contributed by atoms with Crippen LogP contribution in [0.15, 0.2) is 77.8 Å². The monoisotopic (exact) mass is 920 g/mol. The average molecular weight is 921 g/mol. The topological polar surface area (TPSA) is 224 Å². The number of ether oxygens (including phenoxy) is 2. The number of amides is 5. The zero-order chi connectivity index (χ0) is 46.0. The van der Waals surface area contributed by atoms with Crippen molar-refractivity contribution in [1.29, 1.82) is 0 Å². The van der Waals surface area contributed by atoms with E-state index in [9.17, 15) is 33.9 Å². The zero-order valence-corrected chi connectivity index (χ0v) is 37.3. The molecule has 0 bridgehead atoms. The molecule has 19 heteroatoms. The number of imide groups is 1. The highest BCUT2D eigenvalue weighted by Gasteiger charge is 2.61. The van der Waals surface area contributed by atoms with E-state index in [0.717, 1.165) is 37.2 Å². The number of carbonyl (C=O) groups is 6. The Labute approximate surface area is 382 Å². The van der Waals surface area contributed by atoms with Crippen molar-refractivity contribution in [3.8, 4) is 10.8 Å². The fraction of sp³-hybridized carbons (Fsp3) is 0.326. The third-order valence-electron chi connectivity index (χ3n) is 11.7. The number of carbonyl (C=O) groups excluding carboxylic acids is 6. The molecule has 1 saturated heterocycles. The van der Waals surface area contributed by atoms with Crippen LogP contribution >= 0.6 is 22.9 Å². The molecule has 0 radical (unpaired) electrons. The molecule has 0 spiro atoms. The lowest BCUT2D eigenvalue weighted by atomic mass is 9.86. The van der Waals surface area contributed by atoms with Gasteiger partial charge in [-0.3, -0.25) is 43.7 Å². The van der Waals surface area contributed by atoms with Gasteiger partial charge in [-0.25, -0.2) is 4.79 Å². The summed E-state index contributed by atoms with van der Waals surface area (Å²) in [6, 6.07) is 19.9. The van der Waals surface area contributed by atoms with Crippen LogP contribution in [-0.2, 0) is 35.3 Å². The number of unbranched alkanes of at least 4 members (excludes halogenated alkanes) is 1. The summed E-state index contributed by atoms with van der Waals surface area (Å²) in [6.45, 7) is 5.89. The molecule has 5 aromatic rings. The normalized spacial score (nSPS) is 18.8. The molecule has 336 valence electrons. The minimum Gasteiger partial charge on any atom is -0.483 e. The second-order valence-electron chi connectivity index (χ2n) is 15.9. The Morgan fingerprint density at radius 2 is 1.65 bits per heavy atom. The molecule has 3 atom stereocenters. The van der Waals surface area contributed by atoms with Crippen molar-refractivity contribution in [2.75, 3.05) is 19.7 Å². The van der Waals surface area contributed by atoms with E-state index in [1.807, 2.05) is 35.8 Å². The summed E-state index contributed by atoms with van der Waals surface area (Å²) in [7, 11) is 0. The number of rotatable bonds is 15. The van der Waals surface area contributed by atoms with Gasteiger partial charge >= 0.3 is 5.97 Å². The molecule has 0 aliphatic carbocycles. The SMILES string of the molecule is Cc1sc2c(c1C)C(c1ccc(Cl)cc1)=N[C@@H](CC(=O)NCCCCNC(=O)COc1cccc3c1C(=O)N(C1(C(=O)OCc4ccccc4)CCC(=O)NC1=O)C3O)c1nnc(C)n1-2. The van der Waals surface area contributed by atoms with E-state index in [4.69, 9.17) is 26.1 Å². The maximum absolute atomic E-state index is 14.1. The highest BCUT2D eigenvalue weighted by Crippen LogP contribution is 2.44. The van der Waals surface area contributed by atoms with Crippen molar-refractivity contribution in [3.63, 3.8) is 0 Å². The van der Waals surface area contributed by atoms with E-state index in [0.29, 0.717) is 41.6 Å². The van der Waals surface area contributed by atoms with Gasteiger partial charge in [0.15, 0.2) is 18.7 Å². The third kappa shape index (κ3) is 8.76. The van der Waals surface area contributed by atoms with Crippen molar-refractivity contribution in [3.05, 3.63) is 128 Å². The summed E-state index contributed by atoms with van der Waals surface area (Å²) in [6.07, 6.45) is -1.40. The number of benzene rings is 3. The van der Waals surface area contributed by atoms with E-state index in [1.54, 1.807) is 41.7 Å². The van der Waals surface area contributed by atoms with E-state index in [-0.39, 0.29) is 48.8 Å². The van der Waals surface area contributed by atoms with E-state index >= 15 is 0 Å². The molecule has 4 N–H and O–H groups in total. The van der Waals surface area contributed by atoms with Gasteiger partial charge in [-0.1, -0.05) is 66.2 Å². The summed E-state index contributed by atoms with van der Waals surface area (Å²) in [5.41, 5.74) is 1.83. The molecule has 65 heavy (non-hydrogen) atoms. The van der Waals surface area contributed by atoms with Crippen LogP contribution in [0.5, 0.6) is 5.75 Å². The second-order valence-corrected chi connectivity index (χ2v) is 17.5. The lowest BCUT2D eigenvalue weighted by molar-refractivity contribution is -0.173. The molecule has 1 fully saturated rings. The number of aliphatic hydroxyl groups is 1. The first-order chi connectivity index (χ1) is 31.3. The Kier molecular flexibility index (Phi) is 12.9. The number of aryl methyl sites for hydroxylation is 2. The molecule has 3 aromatic carbocycles. The number of aliphatic imine (C=N–C) groups is 1. The maximum atomic E-state index is 14.1. The standard InChI is InChI=1S/C46H45ClN8O9S/c1-25-26(2)65-43-37(25)39(29-14-16-30(47)17-15-29)50-32(40-53-52-27(3)54(40)43)22-35(57)48-20-7-8-21-49-36(58)24-63-33-13-9-12-31-38(33)42(60)55(41(31)59)46(19-18-34(56)51-44(46)61)45(62)64-23-28-10-5-4-6-11-28/h4-6,9-17,32,41,59H,7-8,18-24H2,1-3H3,(H,48,57)(H,49,58)(H,51,56,61)/t32-,41?,46?/m0/s1.